The zero-order valence-electron chi connectivity index (χ0n) is 10.9. The monoisotopic (exact) mass is 262 g/mol. The fraction of sp³-hybridized carbons (Fsp3) is 0.909. The number of carbonyl (C=O) groups excluding carboxylic acids is 1. The Bertz CT molecular complexity index is 378. The lowest BCUT2D eigenvalue weighted by Gasteiger charge is -2.20. The molecule has 1 aliphatic rings. The standard InChI is InChI=1S/C11H22N2O3S/c1-8(2)10-11(14)13(9(3)12-10)6-5-7-17(4,15)16/h8-10,12H,5-7H2,1-4H3. The molecule has 0 saturated carbocycles. The van der Waals surface area contributed by atoms with Crippen molar-refractivity contribution in [2.45, 2.75) is 39.4 Å². The van der Waals surface area contributed by atoms with Crippen molar-refractivity contribution in [1.29, 1.82) is 0 Å². The van der Waals surface area contributed by atoms with E-state index in [1.807, 2.05) is 20.8 Å². The Kier molecular flexibility index (Phi) is 4.55. The van der Waals surface area contributed by atoms with Crippen LogP contribution in [0.1, 0.15) is 27.2 Å². The van der Waals surface area contributed by atoms with E-state index in [0.29, 0.717) is 13.0 Å². The third-order valence-corrected chi connectivity index (χ3v) is 4.05. The molecule has 1 amide bonds. The van der Waals surface area contributed by atoms with Crippen molar-refractivity contribution in [3.63, 3.8) is 0 Å². The van der Waals surface area contributed by atoms with Gasteiger partial charge in [-0.3, -0.25) is 10.1 Å². The summed E-state index contributed by atoms with van der Waals surface area (Å²) in [6.45, 7) is 6.44. The van der Waals surface area contributed by atoms with E-state index in [1.54, 1.807) is 4.90 Å². The van der Waals surface area contributed by atoms with Crippen LogP contribution in [0.15, 0.2) is 0 Å². The summed E-state index contributed by atoms with van der Waals surface area (Å²) in [6.07, 6.45) is 1.72. The third kappa shape index (κ3) is 3.96. The molecule has 1 heterocycles. The minimum absolute atomic E-state index is 0.00513. The summed E-state index contributed by atoms with van der Waals surface area (Å²) >= 11 is 0. The largest absolute Gasteiger partial charge is 0.326 e. The van der Waals surface area contributed by atoms with Crippen molar-refractivity contribution in [2.75, 3.05) is 18.6 Å². The van der Waals surface area contributed by atoms with E-state index in [4.69, 9.17) is 0 Å². The highest BCUT2D eigenvalue weighted by atomic mass is 32.2. The molecule has 0 aromatic rings. The second kappa shape index (κ2) is 5.35. The fourth-order valence-corrected chi connectivity index (χ4v) is 2.72. The lowest BCUT2D eigenvalue weighted by Crippen LogP contribution is -2.36. The molecule has 0 aliphatic carbocycles. The van der Waals surface area contributed by atoms with Gasteiger partial charge < -0.3 is 4.90 Å². The van der Waals surface area contributed by atoms with Crippen LogP contribution >= 0.6 is 0 Å². The minimum atomic E-state index is -2.94. The van der Waals surface area contributed by atoms with Crippen molar-refractivity contribution in [3.05, 3.63) is 0 Å². The lowest BCUT2D eigenvalue weighted by molar-refractivity contribution is -0.130. The Hall–Kier alpha value is -0.620. The van der Waals surface area contributed by atoms with Gasteiger partial charge in [-0.2, -0.15) is 0 Å². The fourth-order valence-electron chi connectivity index (χ4n) is 2.07. The molecule has 1 aliphatic heterocycles. The van der Waals surface area contributed by atoms with Gasteiger partial charge in [0.15, 0.2) is 0 Å². The van der Waals surface area contributed by atoms with Crippen LogP contribution in [-0.2, 0) is 14.6 Å². The zero-order chi connectivity index (χ0) is 13.2. The first kappa shape index (κ1) is 14.4. The average molecular weight is 262 g/mol. The highest BCUT2D eigenvalue weighted by Gasteiger charge is 2.37. The number of carbonyl (C=O) groups is 1. The van der Waals surface area contributed by atoms with E-state index in [-0.39, 0.29) is 29.8 Å². The van der Waals surface area contributed by atoms with Crippen molar-refractivity contribution < 1.29 is 13.2 Å². The van der Waals surface area contributed by atoms with Gasteiger partial charge in [0.25, 0.3) is 0 Å². The Morgan fingerprint density at radius 3 is 2.41 bits per heavy atom. The van der Waals surface area contributed by atoms with E-state index >= 15 is 0 Å². The van der Waals surface area contributed by atoms with Gasteiger partial charge in [-0.05, 0) is 19.3 Å². The summed E-state index contributed by atoms with van der Waals surface area (Å²) in [5, 5.41) is 3.23. The maximum atomic E-state index is 12.0. The summed E-state index contributed by atoms with van der Waals surface area (Å²) in [7, 11) is -2.94. The quantitative estimate of drug-likeness (QED) is 0.770. The predicted octanol–water partition coefficient (Wildman–Crippen LogP) is 0.224. The van der Waals surface area contributed by atoms with Crippen molar-refractivity contribution in [2.24, 2.45) is 5.92 Å². The van der Waals surface area contributed by atoms with Gasteiger partial charge in [-0.1, -0.05) is 13.8 Å². The number of hydrogen-bond acceptors (Lipinski definition) is 4. The van der Waals surface area contributed by atoms with Crippen molar-refractivity contribution in [3.8, 4) is 0 Å². The molecule has 17 heavy (non-hydrogen) atoms. The van der Waals surface area contributed by atoms with Crippen LogP contribution in [0, 0.1) is 5.92 Å². The summed E-state index contributed by atoms with van der Waals surface area (Å²) in [5.41, 5.74) is 0. The van der Waals surface area contributed by atoms with Crippen LogP contribution in [0.3, 0.4) is 0 Å². The van der Waals surface area contributed by atoms with E-state index < -0.39 is 9.84 Å². The van der Waals surface area contributed by atoms with Gasteiger partial charge in [0.2, 0.25) is 5.91 Å². The number of rotatable bonds is 5. The van der Waals surface area contributed by atoms with Crippen molar-refractivity contribution in [1.82, 2.24) is 10.2 Å². The summed E-state index contributed by atoms with van der Waals surface area (Å²) < 4.78 is 22.0. The molecule has 1 saturated heterocycles. The molecule has 1 rings (SSSR count). The Labute approximate surface area is 103 Å². The van der Waals surface area contributed by atoms with E-state index in [0.717, 1.165) is 0 Å². The highest BCUT2D eigenvalue weighted by molar-refractivity contribution is 7.90. The molecule has 1 N–H and O–H groups in total. The van der Waals surface area contributed by atoms with E-state index in [2.05, 4.69) is 5.32 Å². The Morgan fingerprint density at radius 1 is 1.41 bits per heavy atom. The molecule has 0 aromatic heterocycles. The second-order valence-electron chi connectivity index (χ2n) is 5.08. The van der Waals surface area contributed by atoms with Crippen LogP contribution in [0.4, 0.5) is 0 Å². The molecule has 5 nitrogen and oxygen atoms in total. The van der Waals surface area contributed by atoms with E-state index in [1.165, 1.54) is 6.26 Å². The zero-order valence-corrected chi connectivity index (χ0v) is 11.8. The minimum Gasteiger partial charge on any atom is -0.326 e. The molecule has 0 bridgehead atoms. The first-order valence-electron chi connectivity index (χ1n) is 5.96. The van der Waals surface area contributed by atoms with E-state index in [9.17, 15) is 13.2 Å². The third-order valence-electron chi connectivity index (χ3n) is 3.02. The van der Waals surface area contributed by atoms with Crippen LogP contribution in [-0.4, -0.2) is 50.0 Å². The molecule has 2 unspecified atom stereocenters. The second-order valence-corrected chi connectivity index (χ2v) is 7.34. The number of nitrogens with one attached hydrogen (secondary N) is 1. The first-order valence-corrected chi connectivity index (χ1v) is 8.02. The normalized spacial score (nSPS) is 25.9. The smallest absolute Gasteiger partial charge is 0.241 e. The number of amides is 1. The number of hydrogen-bond donors (Lipinski definition) is 1. The molecular formula is C11H22N2O3S. The highest BCUT2D eigenvalue weighted by Crippen LogP contribution is 2.16. The van der Waals surface area contributed by atoms with Gasteiger partial charge >= 0.3 is 0 Å². The lowest BCUT2D eigenvalue weighted by atomic mass is 10.1. The first-order chi connectivity index (χ1) is 7.72. The molecule has 100 valence electrons. The molecule has 1 fully saturated rings. The maximum Gasteiger partial charge on any atom is 0.241 e. The molecular weight excluding hydrogens is 240 g/mol. The Morgan fingerprint density at radius 2 is 2.00 bits per heavy atom. The summed E-state index contributed by atoms with van der Waals surface area (Å²) in [4.78, 5) is 13.8. The number of sulfone groups is 1. The van der Waals surface area contributed by atoms with Gasteiger partial charge in [0, 0.05) is 12.8 Å². The van der Waals surface area contributed by atoms with Gasteiger partial charge in [-0.15, -0.1) is 0 Å². The topological polar surface area (TPSA) is 66.5 Å². The molecule has 0 radical (unpaired) electrons. The molecule has 0 spiro atoms. The molecule has 6 heteroatoms. The summed E-state index contributed by atoms with van der Waals surface area (Å²) in [5.74, 6) is 0.474. The van der Waals surface area contributed by atoms with Crippen LogP contribution in [0.5, 0.6) is 0 Å². The van der Waals surface area contributed by atoms with Gasteiger partial charge in [-0.25, -0.2) is 8.42 Å². The van der Waals surface area contributed by atoms with Gasteiger partial charge in [0.1, 0.15) is 9.84 Å². The maximum absolute atomic E-state index is 12.0. The Balaban J connectivity index is 2.52. The summed E-state index contributed by atoms with van der Waals surface area (Å²) in [6, 6.07) is -0.136. The van der Waals surface area contributed by atoms with Crippen LogP contribution in [0.25, 0.3) is 0 Å². The predicted molar refractivity (Wildman–Crippen MR) is 67.3 cm³/mol. The van der Waals surface area contributed by atoms with Crippen LogP contribution < -0.4 is 5.32 Å². The average Bonchev–Trinajstić information content (AvgIpc) is 2.43. The van der Waals surface area contributed by atoms with Gasteiger partial charge in [0.05, 0.1) is 18.0 Å². The molecule has 2 atom stereocenters. The number of nitrogens with zero attached hydrogens (tertiary/aromatic N) is 1. The van der Waals surface area contributed by atoms with Crippen molar-refractivity contribution >= 4 is 15.7 Å². The SMILES string of the molecule is CC(C)C1NC(C)N(CCCS(C)(=O)=O)C1=O. The van der Waals surface area contributed by atoms with Crippen LogP contribution in [0.2, 0.25) is 0 Å². The molecule has 0 aromatic carbocycles.